The molecule has 2 aromatic rings. The SMILES string of the molecule is CC(=O)Nc1cccc(C(=O)NC2=Nc3cccc(Cl)c3C=CS2)c1. The molecule has 0 aliphatic carbocycles. The Morgan fingerprint density at radius 2 is 1.92 bits per heavy atom. The highest BCUT2D eigenvalue weighted by Gasteiger charge is 2.13. The summed E-state index contributed by atoms with van der Waals surface area (Å²) in [4.78, 5) is 28.1. The Bertz CT molecular complexity index is 909. The van der Waals surface area contributed by atoms with Crippen LogP contribution in [0.4, 0.5) is 11.4 Å². The molecule has 5 nitrogen and oxygen atoms in total. The maximum absolute atomic E-state index is 12.5. The van der Waals surface area contributed by atoms with Gasteiger partial charge in [-0.1, -0.05) is 35.5 Å². The van der Waals surface area contributed by atoms with E-state index in [2.05, 4.69) is 15.6 Å². The van der Waals surface area contributed by atoms with Crippen molar-refractivity contribution in [1.82, 2.24) is 5.32 Å². The van der Waals surface area contributed by atoms with E-state index in [-0.39, 0.29) is 11.8 Å². The van der Waals surface area contributed by atoms with Gasteiger partial charge in [0.05, 0.1) is 5.69 Å². The third kappa shape index (κ3) is 4.29. The molecule has 126 valence electrons. The highest BCUT2D eigenvalue weighted by atomic mass is 35.5. The number of carbonyl (C=O) groups is 2. The summed E-state index contributed by atoms with van der Waals surface area (Å²) in [5.41, 5.74) is 2.49. The van der Waals surface area contributed by atoms with Gasteiger partial charge in [0.25, 0.3) is 5.91 Å². The van der Waals surface area contributed by atoms with Gasteiger partial charge in [-0.2, -0.15) is 0 Å². The quantitative estimate of drug-likeness (QED) is 0.820. The molecule has 0 saturated carbocycles. The maximum atomic E-state index is 12.5. The first-order valence-electron chi connectivity index (χ1n) is 7.42. The van der Waals surface area contributed by atoms with Gasteiger partial charge in [-0.05, 0) is 41.8 Å². The van der Waals surface area contributed by atoms with Crippen LogP contribution in [0.3, 0.4) is 0 Å². The van der Waals surface area contributed by atoms with Crippen LogP contribution < -0.4 is 10.6 Å². The molecule has 2 aromatic carbocycles. The van der Waals surface area contributed by atoms with Crippen molar-refractivity contribution in [3.05, 3.63) is 64.0 Å². The lowest BCUT2D eigenvalue weighted by Gasteiger charge is -2.08. The Morgan fingerprint density at radius 3 is 2.72 bits per heavy atom. The molecule has 0 atom stereocenters. The molecular formula is C18H14ClN3O2S. The van der Waals surface area contributed by atoms with Gasteiger partial charge in [0.15, 0.2) is 5.17 Å². The number of nitrogens with one attached hydrogen (secondary N) is 2. The van der Waals surface area contributed by atoms with Crippen molar-refractivity contribution in [3.63, 3.8) is 0 Å². The van der Waals surface area contributed by atoms with Crippen LogP contribution in [0, 0.1) is 0 Å². The summed E-state index contributed by atoms with van der Waals surface area (Å²) < 4.78 is 0. The van der Waals surface area contributed by atoms with E-state index in [0.717, 1.165) is 5.56 Å². The van der Waals surface area contributed by atoms with E-state index < -0.39 is 0 Å². The second-order valence-electron chi connectivity index (χ2n) is 5.23. The van der Waals surface area contributed by atoms with E-state index in [9.17, 15) is 9.59 Å². The van der Waals surface area contributed by atoms with Crippen LogP contribution in [0.1, 0.15) is 22.8 Å². The minimum Gasteiger partial charge on any atom is -0.326 e. The van der Waals surface area contributed by atoms with Crippen molar-refractivity contribution in [3.8, 4) is 0 Å². The summed E-state index contributed by atoms with van der Waals surface area (Å²) in [5.74, 6) is -0.503. The van der Waals surface area contributed by atoms with Gasteiger partial charge in [-0.25, -0.2) is 4.99 Å². The van der Waals surface area contributed by atoms with Gasteiger partial charge >= 0.3 is 0 Å². The number of hydrogen-bond acceptors (Lipinski definition) is 4. The number of carbonyl (C=O) groups excluding carboxylic acids is 2. The first-order valence-corrected chi connectivity index (χ1v) is 8.68. The van der Waals surface area contributed by atoms with E-state index >= 15 is 0 Å². The zero-order valence-electron chi connectivity index (χ0n) is 13.2. The van der Waals surface area contributed by atoms with Crippen molar-refractivity contribution in [1.29, 1.82) is 0 Å². The van der Waals surface area contributed by atoms with Gasteiger partial charge < -0.3 is 10.6 Å². The molecule has 0 fully saturated rings. The molecule has 0 aromatic heterocycles. The smallest absolute Gasteiger partial charge is 0.257 e. The predicted octanol–water partition coefficient (Wildman–Crippen LogP) is 4.43. The molecule has 1 heterocycles. The second-order valence-corrected chi connectivity index (χ2v) is 6.53. The maximum Gasteiger partial charge on any atom is 0.257 e. The van der Waals surface area contributed by atoms with Crippen LogP contribution >= 0.6 is 23.4 Å². The Labute approximate surface area is 154 Å². The van der Waals surface area contributed by atoms with Crippen molar-refractivity contribution in [2.75, 3.05) is 5.32 Å². The topological polar surface area (TPSA) is 70.6 Å². The molecular weight excluding hydrogens is 358 g/mol. The van der Waals surface area contributed by atoms with E-state index in [1.54, 1.807) is 30.3 Å². The number of hydrogen-bond donors (Lipinski definition) is 2. The van der Waals surface area contributed by atoms with Gasteiger partial charge in [0.1, 0.15) is 0 Å². The number of amides is 2. The fourth-order valence-electron chi connectivity index (χ4n) is 2.26. The lowest BCUT2D eigenvalue weighted by Crippen LogP contribution is -2.28. The zero-order chi connectivity index (χ0) is 17.8. The van der Waals surface area contributed by atoms with Gasteiger partial charge in [-0.15, -0.1) is 0 Å². The molecule has 25 heavy (non-hydrogen) atoms. The Balaban J connectivity index is 1.82. The number of anilines is 1. The molecule has 2 N–H and O–H groups in total. The van der Waals surface area contributed by atoms with E-state index in [4.69, 9.17) is 11.6 Å². The van der Waals surface area contributed by atoms with Crippen LogP contribution in [-0.4, -0.2) is 17.0 Å². The molecule has 7 heteroatoms. The van der Waals surface area contributed by atoms with Crippen molar-refractivity contribution >= 4 is 57.8 Å². The molecule has 1 aliphatic rings. The van der Waals surface area contributed by atoms with Crippen molar-refractivity contribution < 1.29 is 9.59 Å². The summed E-state index contributed by atoms with van der Waals surface area (Å²) in [6.07, 6.45) is 1.86. The minimum atomic E-state index is -0.308. The summed E-state index contributed by atoms with van der Waals surface area (Å²) in [5, 5.41) is 8.32. The normalized spacial score (nSPS) is 12.6. The molecule has 0 bridgehead atoms. The van der Waals surface area contributed by atoms with Crippen molar-refractivity contribution in [2.24, 2.45) is 4.99 Å². The summed E-state index contributed by atoms with van der Waals surface area (Å²) >= 11 is 7.47. The third-order valence-corrected chi connectivity index (χ3v) is 4.35. The lowest BCUT2D eigenvalue weighted by atomic mass is 10.2. The second kappa shape index (κ2) is 7.55. The van der Waals surface area contributed by atoms with E-state index in [1.807, 2.05) is 23.6 Å². The number of amidine groups is 1. The molecule has 1 aliphatic heterocycles. The van der Waals surface area contributed by atoms with Crippen LogP contribution in [0.15, 0.2) is 52.9 Å². The largest absolute Gasteiger partial charge is 0.326 e. The van der Waals surface area contributed by atoms with Crippen LogP contribution in [0.2, 0.25) is 5.02 Å². The number of fused-ring (bicyclic) bond motifs is 1. The highest BCUT2D eigenvalue weighted by molar-refractivity contribution is 8.16. The van der Waals surface area contributed by atoms with Gasteiger partial charge in [0.2, 0.25) is 5.91 Å². The number of rotatable bonds is 2. The average Bonchev–Trinajstić information content (AvgIpc) is 2.77. The molecule has 0 unspecified atom stereocenters. The molecule has 0 spiro atoms. The van der Waals surface area contributed by atoms with Crippen LogP contribution in [0.5, 0.6) is 0 Å². The predicted molar refractivity (Wildman–Crippen MR) is 103 cm³/mol. The zero-order valence-corrected chi connectivity index (χ0v) is 14.8. The Kier molecular flexibility index (Phi) is 5.21. The average molecular weight is 372 g/mol. The standard InChI is InChI=1S/C18H14ClN3O2S/c1-11(23)20-13-5-2-4-12(10-13)17(24)22-18-21-16-7-3-6-15(19)14(16)8-9-25-18/h2-10H,1H3,(H,20,23)(H,21,22,24). The number of aliphatic imine (C=N–C) groups is 1. The highest BCUT2D eigenvalue weighted by Crippen LogP contribution is 2.32. The summed E-state index contributed by atoms with van der Waals surface area (Å²) in [6, 6.07) is 12.1. The van der Waals surface area contributed by atoms with Gasteiger partial charge in [-0.3, -0.25) is 9.59 Å². The number of nitrogens with zero attached hydrogens (tertiary/aromatic N) is 1. The number of thioether (sulfide) groups is 1. The summed E-state index contributed by atoms with van der Waals surface area (Å²) in [7, 11) is 0. The monoisotopic (exact) mass is 371 g/mol. The summed E-state index contributed by atoms with van der Waals surface area (Å²) in [6.45, 7) is 1.42. The first kappa shape index (κ1) is 17.3. The fraction of sp³-hybridized carbons (Fsp3) is 0.0556. The Hall–Kier alpha value is -2.57. The van der Waals surface area contributed by atoms with Crippen LogP contribution in [0.25, 0.3) is 6.08 Å². The molecule has 0 radical (unpaired) electrons. The molecule has 3 rings (SSSR count). The third-order valence-electron chi connectivity index (χ3n) is 3.33. The number of halogens is 1. The van der Waals surface area contributed by atoms with E-state index in [0.29, 0.717) is 27.1 Å². The van der Waals surface area contributed by atoms with Crippen LogP contribution in [-0.2, 0) is 4.79 Å². The molecule has 0 saturated heterocycles. The van der Waals surface area contributed by atoms with Gasteiger partial charge in [0, 0.05) is 28.8 Å². The lowest BCUT2D eigenvalue weighted by molar-refractivity contribution is -0.114. The Morgan fingerprint density at radius 1 is 1.12 bits per heavy atom. The minimum absolute atomic E-state index is 0.195. The van der Waals surface area contributed by atoms with E-state index in [1.165, 1.54) is 18.7 Å². The van der Waals surface area contributed by atoms with Crippen molar-refractivity contribution in [2.45, 2.75) is 6.92 Å². The number of benzene rings is 2. The molecule has 2 amide bonds. The fourth-order valence-corrected chi connectivity index (χ4v) is 3.13. The first-order chi connectivity index (χ1) is 12.0.